The first-order valence-corrected chi connectivity index (χ1v) is 53.1. The van der Waals surface area contributed by atoms with E-state index >= 15 is 0 Å². The van der Waals surface area contributed by atoms with E-state index in [0.717, 1.165) is 72.9 Å². The first-order chi connectivity index (χ1) is 69.1. The van der Waals surface area contributed by atoms with E-state index in [-0.39, 0.29) is 70.0 Å². The number of phenolic OH excluding ortho intramolecular Hbond substituents is 5. The van der Waals surface area contributed by atoms with Crippen LogP contribution >= 0.6 is 81.2 Å². The van der Waals surface area contributed by atoms with Crippen molar-refractivity contribution >= 4 is 104 Å². The van der Waals surface area contributed by atoms with Crippen LogP contribution in [0.5, 0.6) is 28.7 Å². The van der Waals surface area contributed by atoms with E-state index in [1.807, 2.05) is 172 Å². The molecule has 147 heavy (non-hydrogen) atoms. The van der Waals surface area contributed by atoms with Crippen molar-refractivity contribution in [2.24, 2.45) is 0 Å². The molecule has 0 unspecified atom stereocenters. The normalized spacial score (nSPS) is 11.4. The molecule has 2 aliphatic carbocycles. The van der Waals surface area contributed by atoms with Gasteiger partial charge in [-0.3, -0.25) is 0 Å². The molecular weight excluding hydrogens is 1990 g/mol. The van der Waals surface area contributed by atoms with Gasteiger partial charge in [-0.1, -0.05) is 425 Å². The Bertz CT molecular complexity index is 6060. The van der Waals surface area contributed by atoms with Crippen LogP contribution in [0, 0.1) is 41.8 Å². The highest BCUT2D eigenvalue weighted by molar-refractivity contribution is 6.43. The number of halogens is 13. The lowest BCUT2D eigenvalue weighted by Gasteiger charge is -2.14. The number of para-hydroxylation sites is 1. The number of aryl methyl sites for hydroxylation is 1. The summed E-state index contributed by atoms with van der Waals surface area (Å²) in [6.07, 6.45) is 8.47. The average Bonchev–Trinajstić information content (AvgIpc) is 1.77. The lowest BCUT2D eigenvalue weighted by molar-refractivity contribution is 0.454. The minimum Gasteiger partial charge on any atom is -0.508 e. The van der Waals surface area contributed by atoms with Gasteiger partial charge in [-0.25, -0.2) is 26.3 Å². The molecule has 1 saturated carbocycles. The minimum absolute atomic E-state index is 0.0243. The number of allylic oxidation sites excluding steroid dienone is 1. The third-order valence-electron chi connectivity index (χ3n) is 23.8. The fraction of sp³-hybridized carbons (Fsp3) is 0.344. The molecule has 0 aromatic heterocycles. The number of nitrogens with two attached hydrogens (primary N) is 1. The summed E-state index contributed by atoms with van der Waals surface area (Å²) < 4.78 is 76.7. The first-order valence-electron chi connectivity index (χ1n) is 50.4. The highest BCUT2D eigenvalue weighted by Crippen LogP contribution is 2.44. The van der Waals surface area contributed by atoms with E-state index in [0.29, 0.717) is 89.2 Å². The molecule has 0 atom stereocenters. The fourth-order valence-electron chi connectivity index (χ4n) is 15.9. The summed E-state index contributed by atoms with van der Waals surface area (Å²) in [5, 5.41) is 53.6. The van der Waals surface area contributed by atoms with Crippen LogP contribution < -0.4 is 5.73 Å². The molecule has 0 aliphatic heterocycles. The molecule has 14 aromatic carbocycles. The van der Waals surface area contributed by atoms with Gasteiger partial charge >= 0.3 is 0 Å². The predicted octanol–water partition coefficient (Wildman–Crippen LogP) is 43.0. The molecule has 0 heterocycles. The number of rotatable bonds is 14. The van der Waals surface area contributed by atoms with Gasteiger partial charge in [-0.05, 0) is 301 Å². The molecule has 792 valence electrons. The molecule has 0 saturated heterocycles. The van der Waals surface area contributed by atoms with Gasteiger partial charge in [0.2, 0.25) is 0 Å². The average molecular weight is 2150 g/mol. The molecule has 0 spiro atoms. The standard InChI is InChI=1S/C13H14O.C13H16.C12H16.C9H10Cl2O.C9H10Cl2.C9H12ClN.C9H11ClO.C9H11Cl.2C9H10F2.C9H11FO.C9H11F.C9H12O/c1-9(2)13-8-11(14)7-10-5-3-4-6-12(10)13;1-9(2)13-10(3)7-8-11-5-4-6-12(11)13;1-9(2)11-5-3-4-6-12(11)10-7-8-10;1-5(2)7-3-6(12)4-8(10)9(7)11;1-6(2)7-4-3-5-8(10)9(7)11;1-6(2)8-5-7(11)3-4-9(8)10;1-6(2)9-7(10)4-3-5-8(9)11;1-7(2)8-5-3-4-6-9(8)10;1-6(2)8-4-3-7(10)5-9(8)11;2*1-6(2)9-7(10)4-3-5-8(9)11;2*1-7(2)8-5-3-4-6-9(8)10/h3-9,14H,1-2H3;4,6-9H,5H2,1-3H3;3-6,9-10H,7-8H2,1-2H3;3-5,12H,1-2H3;3-6H,1-2H3;3-6H,11H2,1-2H3;3-6,11H,1-2H3;3-7H,1-2H3;2*3-6H,1-2H3;3-6,11H,1-2H3;3-7H,1-2H3;3-7,10H,1-2H3. The number of fused-ring (bicyclic) bond motifs is 2. The van der Waals surface area contributed by atoms with Crippen LogP contribution in [0.3, 0.4) is 0 Å². The fourth-order valence-corrected chi connectivity index (χ4v) is 18.1. The van der Waals surface area contributed by atoms with Crippen molar-refractivity contribution in [1.29, 1.82) is 0 Å². The summed E-state index contributed by atoms with van der Waals surface area (Å²) in [6, 6.07) is 79.0. The summed E-state index contributed by atoms with van der Waals surface area (Å²) in [5.74, 6) is 4.20. The van der Waals surface area contributed by atoms with Crippen LogP contribution in [0.2, 0.25) is 35.2 Å². The molecular formula is C128H154Cl7F6NO5. The number of anilines is 1. The number of phenols is 5. The van der Waals surface area contributed by atoms with E-state index in [2.05, 4.69) is 165 Å². The zero-order valence-corrected chi connectivity index (χ0v) is 95.8. The largest absolute Gasteiger partial charge is 0.508 e. The van der Waals surface area contributed by atoms with Crippen molar-refractivity contribution in [2.45, 2.75) is 289 Å². The Balaban J connectivity index is 0.000000332. The molecule has 0 bridgehead atoms. The van der Waals surface area contributed by atoms with Gasteiger partial charge in [0.1, 0.15) is 63.7 Å². The Morgan fingerprint density at radius 1 is 0.272 bits per heavy atom. The Morgan fingerprint density at radius 2 is 0.667 bits per heavy atom. The van der Waals surface area contributed by atoms with E-state index in [1.54, 1.807) is 73.5 Å². The number of hydrogen-bond acceptors (Lipinski definition) is 6. The molecule has 19 heteroatoms. The van der Waals surface area contributed by atoms with Gasteiger partial charge in [-0.15, -0.1) is 0 Å². The van der Waals surface area contributed by atoms with Crippen molar-refractivity contribution in [3.05, 3.63) is 438 Å². The number of aromatic hydroxyl groups is 5. The SMILES string of the molecule is CC(C)c1c(F)cccc1F.CC(C)c1c(O)cccc1Cl.CC(C)c1c(O)cccc1F.CC(C)c1cc(N)ccc1Cl.CC(C)c1cc(O)cc(Cl)c1Cl.CC(C)c1cc(O)cc2ccccc12.CC(C)c1ccc(F)cc1F.CC(C)c1cccc(Cl)c1Cl.CC(C)c1ccccc1C1CC1.CC(C)c1ccccc1Cl.CC(C)c1ccccc1F.CC(C)c1ccccc1O.Cc1ccc2c(c1C(C)C)C=CC2. The molecule has 16 rings (SSSR count). The zero-order valence-electron chi connectivity index (χ0n) is 90.5. The van der Waals surface area contributed by atoms with Crippen molar-refractivity contribution in [1.82, 2.24) is 0 Å². The minimum atomic E-state index is -0.521. The van der Waals surface area contributed by atoms with E-state index in [1.165, 1.54) is 112 Å². The van der Waals surface area contributed by atoms with E-state index in [4.69, 9.17) is 86.9 Å². The summed E-state index contributed by atoms with van der Waals surface area (Å²) in [6.45, 7) is 55.3. The summed E-state index contributed by atoms with van der Waals surface area (Å²) in [5.41, 5.74) is 24.8. The van der Waals surface area contributed by atoms with Crippen LogP contribution in [-0.4, -0.2) is 25.5 Å². The molecule has 7 N–H and O–H groups in total. The Hall–Kier alpha value is -10.5. The smallest absolute Gasteiger partial charge is 0.130 e. The quantitative estimate of drug-likeness (QED) is 0.0476. The third kappa shape index (κ3) is 43.2. The van der Waals surface area contributed by atoms with E-state index < -0.39 is 23.3 Å². The summed E-state index contributed by atoms with van der Waals surface area (Å²) >= 11 is 41.2. The Kier molecular flexibility index (Phi) is 56.8. The van der Waals surface area contributed by atoms with Crippen molar-refractivity contribution in [3.8, 4) is 28.7 Å². The second-order valence-corrected chi connectivity index (χ2v) is 42.9. The monoisotopic (exact) mass is 2140 g/mol. The van der Waals surface area contributed by atoms with Gasteiger partial charge in [0.05, 0.1) is 20.1 Å². The molecule has 2 aliphatic rings. The van der Waals surface area contributed by atoms with E-state index in [9.17, 15) is 51.9 Å². The van der Waals surface area contributed by atoms with Crippen molar-refractivity contribution in [2.75, 3.05) is 5.73 Å². The Labute approximate surface area is 909 Å². The number of hydrogen-bond donors (Lipinski definition) is 6. The molecule has 14 aromatic rings. The summed E-state index contributed by atoms with van der Waals surface area (Å²) in [7, 11) is 0. The second kappa shape index (κ2) is 64.8. The van der Waals surface area contributed by atoms with Gasteiger partial charge in [0.25, 0.3) is 0 Å². The maximum Gasteiger partial charge on any atom is 0.130 e. The zero-order chi connectivity index (χ0) is 111. The number of nitrogen functional groups attached to an aromatic ring is 1. The highest BCUT2D eigenvalue weighted by Gasteiger charge is 2.27. The van der Waals surface area contributed by atoms with Gasteiger partial charge in [0.15, 0.2) is 0 Å². The van der Waals surface area contributed by atoms with Gasteiger partial charge in [0, 0.05) is 49.6 Å². The summed E-state index contributed by atoms with van der Waals surface area (Å²) in [4.78, 5) is 0. The van der Waals surface area contributed by atoms with Crippen LogP contribution in [0.1, 0.15) is 370 Å². The maximum atomic E-state index is 12.9. The predicted molar refractivity (Wildman–Crippen MR) is 621 cm³/mol. The van der Waals surface area contributed by atoms with Crippen molar-refractivity contribution < 1.29 is 51.9 Å². The van der Waals surface area contributed by atoms with Crippen molar-refractivity contribution in [3.63, 3.8) is 0 Å². The molecule has 0 radical (unpaired) electrons. The highest BCUT2D eigenvalue weighted by atomic mass is 35.5. The maximum absolute atomic E-state index is 12.9. The second-order valence-electron chi connectivity index (χ2n) is 40.1. The van der Waals surface area contributed by atoms with Crippen LogP contribution in [0.25, 0.3) is 16.8 Å². The topological polar surface area (TPSA) is 127 Å². The van der Waals surface area contributed by atoms with Gasteiger partial charge < -0.3 is 31.3 Å². The molecule has 1 fully saturated rings. The molecule has 0 amide bonds. The lowest BCUT2D eigenvalue weighted by Crippen LogP contribution is -1.97. The molecule has 6 nitrogen and oxygen atoms in total. The number of benzene rings is 14. The van der Waals surface area contributed by atoms with Crippen LogP contribution in [0.4, 0.5) is 32.0 Å². The van der Waals surface area contributed by atoms with Crippen LogP contribution in [0.15, 0.2) is 273 Å². The third-order valence-corrected chi connectivity index (χ3v) is 26.5. The van der Waals surface area contributed by atoms with Crippen LogP contribution in [-0.2, 0) is 6.42 Å². The Morgan fingerprint density at radius 3 is 1.11 bits per heavy atom. The first kappa shape index (κ1) is 129. The lowest BCUT2D eigenvalue weighted by atomic mass is 9.91. The van der Waals surface area contributed by atoms with Gasteiger partial charge in [-0.2, -0.15) is 0 Å².